The van der Waals surface area contributed by atoms with Crippen LogP contribution in [0.2, 0.25) is 0 Å². The highest BCUT2D eigenvalue weighted by molar-refractivity contribution is 5.03. The van der Waals surface area contributed by atoms with Gasteiger partial charge in [-0.2, -0.15) is 0 Å². The molecule has 0 saturated carbocycles. The van der Waals surface area contributed by atoms with E-state index in [0.29, 0.717) is 26.1 Å². The summed E-state index contributed by atoms with van der Waals surface area (Å²) < 4.78 is 12.6. The van der Waals surface area contributed by atoms with Crippen molar-refractivity contribution in [3.8, 4) is 0 Å². The second-order valence-electron chi connectivity index (χ2n) is 7.71. The summed E-state index contributed by atoms with van der Waals surface area (Å²) in [5.74, 6) is -0.610. The largest absolute Gasteiger partial charge is 0.350 e. The number of hydrogen-bond donors (Lipinski definition) is 0. The van der Waals surface area contributed by atoms with Crippen LogP contribution in [-0.4, -0.2) is 35.1 Å². The summed E-state index contributed by atoms with van der Waals surface area (Å²) in [6.07, 6.45) is 7.24. The maximum Gasteiger partial charge on any atom is 0.171 e. The lowest BCUT2D eigenvalue weighted by atomic mass is 9.73. The third-order valence-corrected chi connectivity index (χ3v) is 5.32. The van der Waals surface area contributed by atoms with Crippen molar-refractivity contribution < 1.29 is 14.7 Å². The Balaban J connectivity index is 3.04. The average molecular weight is 329 g/mol. The van der Waals surface area contributed by atoms with Gasteiger partial charge in [-0.15, -0.1) is 10.3 Å². The molecule has 0 amide bonds. The number of piperidine rings is 1. The van der Waals surface area contributed by atoms with Gasteiger partial charge >= 0.3 is 0 Å². The van der Waals surface area contributed by atoms with Crippen molar-refractivity contribution in [2.24, 2.45) is 0 Å². The van der Waals surface area contributed by atoms with Crippen LogP contribution in [0.15, 0.2) is 0 Å². The van der Waals surface area contributed by atoms with Crippen LogP contribution in [0.25, 0.3) is 0 Å². The lowest BCUT2D eigenvalue weighted by Gasteiger charge is -2.56. The smallest absolute Gasteiger partial charge is 0.171 e. The molecule has 4 nitrogen and oxygen atoms in total. The van der Waals surface area contributed by atoms with E-state index >= 15 is 0 Å². The predicted molar refractivity (Wildman–Crippen MR) is 93.6 cm³/mol. The van der Waals surface area contributed by atoms with Crippen LogP contribution in [0.3, 0.4) is 0 Å². The molecule has 0 aromatic heterocycles. The SMILES string of the molecule is CCCCOC1(OCCCC)CC(C)(C)N([O])C(CC)(CC)C1. The van der Waals surface area contributed by atoms with Gasteiger partial charge < -0.3 is 9.47 Å². The second kappa shape index (κ2) is 8.80. The fraction of sp³-hybridized carbons (Fsp3) is 1.00. The first kappa shape index (κ1) is 20.9. The normalized spacial score (nSPS) is 23.1. The van der Waals surface area contributed by atoms with E-state index in [1.54, 1.807) is 0 Å². The number of ether oxygens (including phenoxy) is 2. The second-order valence-corrected chi connectivity index (χ2v) is 7.71. The van der Waals surface area contributed by atoms with Gasteiger partial charge in [-0.3, -0.25) is 0 Å². The molecule has 0 atom stereocenters. The van der Waals surface area contributed by atoms with Crippen molar-refractivity contribution in [1.29, 1.82) is 0 Å². The predicted octanol–water partition coefficient (Wildman–Crippen LogP) is 5.09. The van der Waals surface area contributed by atoms with E-state index in [-0.39, 0.29) is 5.54 Å². The zero-order valence-corrected chi connectivity index (χ0v) is 16.2. The third kappa shape index (κ3) is 4.91. The fourth-order valence-corrected chi connectivity index (χ4v) is 3.85. The van der Waals surface area contributed by atoms with Gasteiger partial charge in [0.15, 0.2) is 5.79 Å². The minimum absolute atomic E-state index is 0.389. The summed E-state index contributed by atoms with van der Waals surface area (Å²) in [6.45, 7) is 14.0. The van der Waals surface area contributed by atoms with Crippen LogP contribution in [0, 0.1) is 0 Å². The molecule has 0 N–H and O–H groups in total. The van der Waals surface area contributed by atoms with Crippen LogP contribution in [0.4, 0.5) is 0 Å². The molecule has 1 saturated heterocycles. The first-order valence-corrected chi connectivity index (χ1v) is 9.57. The molecular weight excluding hydrogens is 290 g/mol. The lowest BCUT2D eigenvalue weighted by Crippen LogP contribution is -2.66. The third-order valence-electron chi connectivity index (χ3n) is 5.32. The summed E-state index contributed by atoms with van der Waals surface area (Å²) in [5.41, 5.74) is -0.858. The molecule has 137 valence electrons. The van der Waals surface area contributed by atoms with Crippen LogP contribution in [0.1, 0.15) is 92.9 Å². The quantitative estimate of drug-likeness (QED) is 0.414. The molecule has 0 aromatic carbocycles. The van der Waals surface area contributed by atoms with Crippen molar-refractivity contribution in [3.05, 3.63) is 0 Å². The highest BCUT2D eigenvalue weighted by Crippen LogP contribution is 2.48. The van der Waals surface area contributed by atoms with Gasteiger partial charge in [0.2, 0.25) is 0 Å². The minimum Gasteiger partial charge on any atom is -0.350 e. The van der Waals surface area contributed by atoms with Crippen LogP contribution in [-0.2, 0) is 14.7 Å². The molecule has 0 aliphatic carbocycles. The number of nitrogens with zero attached hydrogens (tertiary/aromatic N) is 1. The molecular formula is C19H38NO3. The van der Waals surface area contributed by atoms with Crippen molar-refractivity contribution in [2.45, 2.75) is 110 Å². The number of hydroxylamine groups is 2. The molecule has 1 aliphatic heterocycles. The van der Waals surface area contributed by atoms with Gasteiger partial charge in [-0.05, 0) is 39.5 Å². The maximum absolute atomic E-state index is 13.0. The van der Waals surface area contributed by atoms with Crippen LogP contribution >= 0.6 is 0 Å². The number of hydrogen-bond acceptors (Lipinski definition) is 3. The monoisotopic (exact) mass is 328 g/mol. The first-order valence-electron chi connectivity index (χ1n) is 9.57. The van der Waals surface area contributed by atoms with Gasteiger partial charge in [-0.1, -0.05) is 40.5 Å². The Morgan fingerprint density at radius 1 is 0.870 bits per heavy atom. The van der Waals surface area contributed by atoms with Crippen LogP contribution < -0.4 is 0 Å². The molecule has 1 rings (SSSR count). The van der Waals surface area contributed by atoms with E-state index in [1.165, 1.54) is 5.06 Å². The molecule has 0 unspecified atom stereocenters. The number of unbranched alkanes of at least 4 members (excludes halogenated alkanes) is 2. The molecule has 0 bridgehead atoms. The molecule has 0 aromatic rings. The van der Waals surface area contributed by atoms with Crippen molar-refractivity contribution in [1.82, 2.24) is 5.06 Å². The summed E-state index contributed by atoms with van der Waals surface area (Å²) in [5, 5.41) is 14.3. The van der Waals surface area contributed by atoms with Gasteiger partial charge in [0, 0.05) is 18.4 Å². The Kier molecular flexibility index (Phi) is 7.99. The highest BCUT2D eigenvalue weighted by Gasteiger charge is 2.57. The Morgan fingerprint density at radius 3 is 1.74 bits per heavy atom. The summed E-state index contributed by atoms with van der Waals surface area (Å²) in [6, 6.07) is 0. The zero-order chi connectivity index (χ0) is 17.6. The molecule has 1 radical (unpaired) electrons. The Morgan fingerprint density at radius 2 is 1.35 bits per heavy atom. The molecule has 1 aliphatic rings. The molecule has 1 fully saturated rings. The number of rotatable bonds is 10. The van der Waals surface area contributed by atoms with E-state index in [1.807, 2.05) is 13.8 Å². The average Bonchev–Trinajstić information content (AvgIpc) is 2.51. The summed E-state index contributed by atoms with van der Waals surface area (Å²) >= 11 is 0. The molecule has 23 heavy (non-hydrogen) atoms. The fourth-order valence-electron chi connectivity index (χ4n) is 3.85. The topological polar surface area (TPSA) is 41.6 Å². The summed E-state index contributed by atoms with van der Waals surface area (Å²) in [4.78, 5) is 0. The Hall–Kier alpha value is -0.160. The van der Waals surface area contributed by atoms with Gasteiger partial charge in [0.1, 0.15) is 0 Å². The summed E-state index contributed by atoms with van der Waals surface area (Å²) in [7, 11) is 0. The first-order chi connectivity index (χ1) is 10.8. The molecule has 4 heteroatoms. The van der Waals surface area contributed by atoms with E-state index in [9.17, 15) is 5.21 Å². The van der Waals surface area contributed by atoms with E-state index in [4.69, 9.17) is 9.47 Å². The van der Waals surface area contributed by atoms with Crippen molar-refractivity contribution in [3.63, 3.8) is 0 Å². The lowest BCUT2D eigenvalue weighted by molar-refractivity contribution is -0.369. The van der Waals surface area contributed by atoms with Crippen molar-refractivity contribution >= 4 is 0 Å². The van der Waals surface area contributed by atoms with E-state index in [0.717, 1.165) is 38.5 Å². The van der Waals surface area contributed by atoms with E-state index < -0.39 is 11.3 Å². The zero-order valence-electron chi connectivity index (χ0n) is 16.2. The highest BCUT2D eigenvalue weighted by atomic mass is 16.7. The van der Waals surface area contributed by atoms with Crippen LogP contribution in [0.5, 0.6) is 0 Å². The minimum atomic E-state index is -0.610. The van der Waals surface area contributed by atoms with Gasteiger partial charge in [-0.25, -0.2) is 0 Å². The van der Waals surface area contributed by atoms with Crippen molar-refractivity contribution in [2.75, 3.05) is 13.2 Å². The Labute approximate surface area is 143 Å². The standard InChI is InChI=1S/C19H38NO3/c1-7-11-13-22-19(23-14-12-8-2)15-17(5,6)20(21)18(9-3,10-4)16-19/h7-16H2,1-6H3. The Bertz CT molecular complexity index is 330. The molecule has 0 spiro atoms. The van der Waals surface area contributed by atoms with Gasteiger partial charge in [0.05, 0.1) is 18.8 Å². The van der Waals surface area contributed by atoms with E-state index in [2.05, 4.69) is 27.7 Å². The molecule has 1 heterocycles. The maximum atomic E-state index is 13.0. The van der Waals surface area contributed by atoms with Gasteiger partial charge in [0.25, 0.3) is 0 Å².